The first-order valence-corrected chi connectivity index (χ1v) is 9.39. The zero-order chi connectivity index (χ0) is 18.6. The van der Waals surface area contributed by atoms with E-state index in [-0.39, 0.29) is 5.91 Å². The number of anilines is 1. The van der Waals surface area contributed by atoms with E-state index in [2.05, 4.69) is 20.9 Å². The Bertz CT molecular complexity index is 931. The topological polar surface area (TPSA) is 61.5 Å². The van der Waals surface area contributed by atoms with Crippen molar-refractivity contribution in [2.75, 3.05) is 37.7 Å². The highest BCUT2D eigenvalue weighted by Crippen LogP contribution is 2.21. The van der Waals surface area contributed by atoms with Gasteiger partial charge in [-0.05, 0) is 30.7 Å². The van der Waals surface area contributed by atoms with Crippen molar-refractivity contribution >= 4 is 22.5 Å². The van der Waals surface area contributed by atoms with Gasteiger partial charge in [0.1, 0.15) is 5.69 Å². The number of ether oxygens (including phenoxy) is 1. The fourth-order valence-electron chi connectivity index (χ4n) is 3.51. The second-order valence-electron chi connectivity index (χ2n) is 6.68. The molecular formula is C21H24N4O2. The molecule has 1 aliphatic rings. The van der Waals surface area contributed by atoms with Gasteiger partial charge in [0.25, 0.3) is 5.91 Å². The van der Waals surface area contributed by atoms with Crippen LogP contribution in [0.4, 0.5) is 5.69 Å². The average Bonchev–Trinajstić information content (AvgIpc) is 3.15. The monoisotopic (exact) mass is 364 g/mol. The van der Waals surface area contributed by atoms with Crippen LogP contribution in [0.3, 0.4) is 0 Å². The lowest BCUT2D eigenvalue weighted by molar-refractivity contribution is 0.0747. The number of morpholine rings is 1. The Labute approximate surface area is 158 Å². The van der Waals surface area contributed by atoms with Crippen LogP contribution in [0, 0.1) is 0 Å². The maximum Gasteiger partial charge on any atom is 0.272 e. The van der Waals surface area contributed by atoms with Crippen molar-refractivity contribution in [1.82, 2.24) is 14.9 Å². The van der Waals surface area contributed by atoms with Crippen LogP contribution in [0.15, 0.2) is 48.8 Å². The minimum Gasteiger partial charge on any atom is -0.378 e. The predicted octanol–water partition coefficient (Wildman–Crippen LogP) is 3.06. The minimum atomic E-state index is -0.0436. The second kappa shape index (κ2) is 7.80. The van der Waals surface area contributed by atoms with E-state index in [0.717, 1.165) is 35.2 Å². The summed E-state index contributed by atoms with van der Waals surface area (Å²) in [7, 11) is 0. The Morgan fingerprint density at radius 1 is 1.26 bits per heavy atom. The molecule has 6 heteroatoms. The van der Waals surface area contributed by atoms with E-state index in [9.17, 15) is 4.79 Å². The van der Waals surface area contributed by atoms with Gasteiger partial charge in [-0.1, -0.05) is 18.2 Å². The highest BCUT2D eigenvalue weighted by atomic mass is 16.5. The maximum atomic E-state index is 13.1. The van der Waals surface area contributed by atoms with Crippen molar-refractivity contribution in [1.29, 1.82) is 0 Å². The quantitative estimate of drug-likeness (QED) is 0.756. The summed E-state index contributed by atoms with van der Waals surface area (Å²) < 4.78 is 5.41. The first-order valence-electron chi connectivity index (χ1n) is 9.39. The molecule has 0 atom stereocenters. The molecule has 1 fully saturated rings. The number of hydrogen-bond acceptors (Lipinski definition) is 4. The summed E-state index contributed by atoms with van der Waals surface area (Å²) in [6, 6.07) is 12.0. The normalized spacial score (nSPS) is 14.5. The third kappa shape index (κ3) is 3.66. The van der Waals surface area contributed by atoms with Crippen LogP contribution < -0.4 is 4.90 Å². The lowest BCUT2D eigenvalue weighted by atomic mass is 10.1. The third-order valence-corrected chi connectivity index (χ3v) is 5.04. The van der Waals surface area contributed by atoms with E-state index < -0.39 is 0 Å². The van der Waals surface area contributed by atoms with Crippen LogP contribution in [0.2, 0.25) is 0 Å². The predicted molar refractivity (Wildman–Crippen MR) is 106 cm³/mol. The molecule has 1 aromatic carbocycles. The van der Waals surface area contributed by atoms with Gasteiger partial charge in [-0.2, -0.15) is 0 Å². The fourth-order valence-corrected chi connectivity index (χ4v) is 3.51. The number of fused-ring (bicyclic) bond motifs is 1. The summed E-state index contributed by atoms with van der Waals surface area (Å²) in [4.78, 5) is 24.8. The molecule has 1 saturated heterocycles. The van der Waals surface area contributed by atoms with Gasteiger partial charge in [-0.15, -0.1) is 0 Å². The van der Waals surface area contributed by atoms with Crippen LogP contribution >= 0.6 is 0 Å². The Morgan fingerprint density at radius 3 is 2.89 bits per heavy atom. The number of benzene rings is 1. The van der Waals surface area contributed by atoms with E-state index in [0.29, 0.717) is 32.0 Å². The number of hydrogen-bond donors (Lipinski definition) is 1. The standard InChI is InChI=1S/C21H24N4O2/c1-2-24(15-16-14-23-19-6-4-3-5-18(16)19)21(26)20-13-17(7-8-22-20)25-9-11-27-12-10-25/h3-8,13-14,23H,2,9-12,15H2,1H3. The molecule has 2 aromatic heterocycles. The number of rotatable bonds is 5. The summed E-state index contributed by atoms with van der Waals surface area (Å²) in [5.41, 5.74) is 3.72. The summed E-state index contributed by atoms with van der Waals surface area (Å²) in [5.74, 6) is -0.0436. The third-order valence-electron chi connectivity index (χ3n) is 5.04. The van der Waals surface area contributed by atoms with Crippen LogP contribution in [-0.4, -0.2) is 53.6 Å². The molecule has 0 radical (unpaired) electrons. The van der Waals surface area contributed by atoms with Crippen LogP contribution in [0.25, 0.3) is 10.9 Å². The number of H-pyrrole nitrogens is 1. The van der Waals surface area contributed by atoms with Gasteiger partial charge >= 0.3 is 0 Å². The summed E-state index contributed by atoms with van der Waals surface area (Å²) in [5, 5.41) is 1.15. The van der Waals surface area contributed by atoms with Gasteiger partial charge in [0.05, 0.1) is 13.2 Å². The number of para-hydroxylation sites is 1. The highest BCUT2D eigenvalue weighted by molar-refractivity contribution is 5.93. The molecule has 1 aliphatic heterocycles. The lowest BCUT2D eigenvalue weighted by Gasteiger charge is -2.29. The Balaban J connectivity index is 1.55. The number of nitrogens with zero attached hydrogens (tertiary/aromatic N) is 3. The molecule has 0 spiro atoms. The largest absolute Gasteiger partial charge is 0.378 e. The molecule has 1 amide bonds. The van der Waals surface area contributed by atoms with Crippen LogP contribution in [-0.2, 0) is 11.3 Å². The smallest absolute Gasteiger partial charge is 0.272 e. The molecular weight excluding hydrogens is 340 g/mol. The SMILES string of the molecule is CCN(Cc1c[nH]c2ccccc12)C(=O)c1cc(N2CCOCC2)ccn1. The van der Waals surface area contributed by atoms with Crippen molar-refractivity contribution < 1.29 is 9.53 Å². The van der Waals surface area contributed by atoms with Gasteiger partial charge in [-0.25, -0.2) is 0 Å². The molecule has 140 valence electrons. The fraction of sp³-hybridized carbons (Fsp3) is 0.333. The molecule has 3 heterocycles. The van der Waals surface area contributed by atoms with E-state index in [1.165, 1.54) is 0 Å². The van der Waals surface area contributed by atoms with Gasteiger partial charge in [0.15, 0.2) is 0 Å². The molecule has 6 nitrogen and oxygen atoms in total. The van der Waals surface area contributed by atoms with E-state index in [1.807, 2.05) is 48.4 Å². The summed E-state index contributed by atoms with van der Waals surface area (Å²) in [6.45, 7) is 6.29. The van der Waals surface area contributed by atoms with Crippen molar-refractivity contribution in [3.63, 3.8) is 0 Å². The van der Waals surface area contributed by atoms with Gasteiger partial charge in [0, 0.05) is 55.2 Å². The number of aromatic amines is 1. The molecule has 0 bridgehead atoms. The summed E-state index contributed by atoms with van der Waals surface area (Å²) >= 11 is 0. The number of aromatic nitrogens is 2. The first kappa shape index (κ1) is 17.5. The number of nitrogens with one attached hydrogen (secondary N) is 1. The molecule has 0 unspecified atom stereocenters. The van der Waals surface area contributed by atoms with Gasteiger partial charge < -0.3 is 19.5 Å². The van der Waals surface area contributed by atoms with Crippen molar-refractivity contribution in [3.05, 3.63) is 60.0 Å². The minimum absolute atomic E-state index is 0.0436. The first-order chi connectivity index (χ1) is 13.3. The zero-order valence-corrected chi connectivity index (χ0v) is 15.5. The molecule has 27 heavy (non-hydrogen) atoms. The van der Waals surface area contributed by atoms with Crippen molar-refractivity contribution in [2.45, 2.75) is 13.5 Å². The summed E-state index contributed by atoms with van der Waals surface area (Å²) in [6.07, 6.45) is 3.70. The van der Waals surface area contributed by atoms with Crippen molar-refractivity contribution in [3.8, 4) is 0 Å². The van der Waals surface area contributed by atoms with Gasteiger partial charge in [-0.3, -0.25) is 9.78 Å². The second-order valence-corrected chi connectivity index (χ2v) is 6.68. The van der Waals surface area contributed by atoms with E-state index in [1.54, 1.807) is 6.20 Å². The Kier molecular flexibility index (Phi) is 5.07. The molecule has 4 rings (SSSR count). The van der Waals surface area contributed by atoms with Crippen LogP contribution in [0.5, 0.6) is 0 Å². The number of amides is 1. The van der Waals surface area contributed by atoms with Gasteiger partial charge in [0.2, 0.25) is 0 Å². The van der Waals surface area contributed by atoms with Crippen molar-refractivity contribution in [2.24, 2.45) is 0 Å². The zero-order valence-electron chi connectivity index (χ0n) is 15.5. The number of carbonyl (C=O) groups is 1. The molecule has 0 saturated carbocycles. The van der Waals surface area contributed by atoms with E-state index in [4.69, 9.17) is 4.74 Å². The van der Waals surface area contributed by atoms with Crippen LogP contribution in [0.1, 0.15) is 23.0 Å². The average molecular weight is 364 g/mol. The molecule has 3 aromatic rings. The Morgan fingerprint density at radius 2 is 2.07 bits per heavy atom. The maximum absolute atomic E-state index is 13.1. The highest BCUT2D eigenvalue weighted by Gasteiger charge is 2.19. The lowest BCUT2D eigenvalue weighted by Crippen LogP contribution is -2.36. The molecule has 1 N–H and O–H groups in total. The van der Waals surface area contributed by atoms with E-state index >= 15 is 0 Å². The molecule has 0 aliphatic carbocycles. The Hall–Kier alpha value is -2.86. The number of pyridine rings is 1. The number of carbonyl (C=O) groups excluding carboxylic acids is 1.